The second kappa shape index (κ2) is 13.0. The van der Waals surface area contributed by atoms with Crippen LogP contribution in [-0.2, 0) is 27.3 Å². The highest BCUT2D eigenvalue weighted by atomic mass is 32.2. The highest BCUT2D eigenvalue weighted by molar-refractivity contribution is 8.00. The van der Waals surface area contributed by atoms with E-state index in [-0.39, 0.29) is 42.7 Å². The lowest BCUT2D eigenvalue weighted by Gasteiger charge is -2.24. The van der Waals surface area contributed by atoms with Crippen LogP contribution in [0.15, 0.2) is 36.4 Å². The van der Waals surface area contributed by atoms with Gasteiger partial charge in [-0.3, -0.25) is 14.4 Å². The molecule has 2 aromatic carbocycles. The minimum atomic E-state index is -1.30. The Kier molecular flexibility index (Phi) is 10.0. The molecule has 0 saturated carbocycles. The smallest absolute Gasteiger partial charge is 0.253 e. The van der Waals surface area contributed by atoms with Crippen molar-refractivity contribution in [2.75, 3.05) is 17.6 Å². The molecule has 1 aliphatic heterocycles. The summed E-state index contributed by atoms with van der Waals surface area (Å²) < 4.78 is 40.5. The SMILES string of the molecule is CC(C)C(Nc1ccc(CNC(=O)[C@@H]2SCCN2C(=O)CC(N)Cc2cc(F)c(F)cc2F)cc1)C(N)=O. The molecule has 0 aromatic heterocycles. The zero-order valence-corrected chi connectivity index (χ0v) is 22.0. The molecule has 2 unspecified atom stereocenters. The molecule has 1 heterocycles. The van der Waals surface area contributed by atoms with Crippen LogP contribution >= 0.6 is 11.8 Å². The summed E-state index contributed by atoms with van der Waals surface area (Å²) in [7, 11) is 0. The molecule has 6 N–H and O–H groups in total. The molecule has 8 nitrogen and oxygen atoms in total. The molecular formula is C26H32F3N5O3S. The Morgan fingerprint density at radius 2 is 1.74 bits per heavy atom. The molecule has 2 aromatic rings. The van der Waals surface area contributed by atoms with E-state index in [0.29, 0.717) is 18.4 Å². The predicted octanol–water partition coefficient (Wildman–Crippen LogP) is 2.50. The van der Waals surface area contributed by atoms with Crippen LogP contribution in [0.4, 0.5) is 18.9 Å². The van der Waals surface area contributed by atoms with Gasteiger partial charge in [-0.2, -0.15) is 0 Å². The van der Waals surface area contributed by atoms with Gasteiger partial charge in [0.15, 0.2) is 17.0 Å². The van der Waals surface area contributed by atoms with Crippen LogP contribution in [0.3, 0.4) is 0 Å². The summed E-state index contributed by atoms with van der Waals surface area (Å²) in [5, 5.41) is 5.19. The van der Waals surface area contributed by atoms with E-state index in [9.17, 15) is 27.6 Å². The summed E-state index contributed by atoms with van der Waals surface area (Å²) in [6.07, 6.45) is -0.339. The van der Waals surface area contributed by atoms with Crippen molar-refractivity contribution in [3.05, 3.63) is 65.0 Å². The Balaban J connectivity index is 1.52. The summed E-state index contributed by atoms with van der Waals surface area (Å²) in [4.78, 5) is 38.7. The highest BCUT2D eigenvalue weighted by Crippen LogP contribution is 2.25. The van der Waals surface area contributed by atoms with E-state index in [2.05, 4.69) is 10.6 Å². The highest BCUT2D eigenvalue weighted by Gasteiger charge is 2.35. The Labute approximate surface area is 223 Å². The molecule has 1 aliphatic rings. The lowest BCUT2D eigenvalue weighted by molar-refractivity contribution is -0.136. The second-order valence-electron chi connectivity index (χ2n) is 9.52. The van der Waals surface area contributed by atoms with Crippen molar-refractivity contribution in [3.8, 4) is 0 Å². The van der Waals surface area contributed by atoms with Gasteiger partial charge in [-0.05, 0) is 41.7 Å². The minimum Gasteiger partial charge on any atom is -0.373 e. The first-order valence-corrected chi connectivity index (χ1v) is 13.2. The van der Waals surface area contributed by atoms with Gasteiger partial charge < -0.3 is 27.0 Å². The molecule has 12 heteroatoms. The fourth-order valence-corrected chi connectivity index (χ4v) is 5.26. The van der Waals surface area contributed by atoms with Gasteiger partial charge in [0.1, 0.15) is 11.9 Å². The third-order valence-corrected chi connectivity index (χ3v) is 7.36. The Morgan fingerprint density at radius 3 is 2.37 bits per heavy atom. The van der Waals surface area contributed by atoms with Crippen molar-refractivity contribution in [3.63, 3.8) is 0 Å². The van der Waals surface area contributed by atoms with Crippen LogP contribution in [0.2, 0.25) is 0 Å². The minimum absolute atomic E-state index is 0.0164. The Bertz CT molecular complexity index is 1170. The van der Waals surface area contributed by atoms with Crippen molar-refractivity contribution in [2.24, 2.45) is 17.4 Å². The Hall–Kier alpha value is -3.25. The number of carbonyl (C=O) groups excluding carboxylic acids is 3. The lowest BCUT2D eigenvalue weighted by Crippen LogP contribution is -2.46. The summed E-state index contributed by atoms with van der Waals surface area (Å²) in [6, 6.07) is 7.03. The second-order valence-corrected chi connectivity index (χ2v) is 10.7. The molecule has 0 spiro atoms. The molecule has 206 valence electrons. The summed E-state index contributed by atoms with van der Waals surface area (Å²) >= 11 is 1.32. The quantitative estimate of drug-likeness (QED) is 0.318. The molecule has 0 aliphatic carbocycles. The standard InChI is InChI=1S/C26H32F3N5O3S/c1-14(2)23(24(31)36)33-18-5-3-15(4-6-18)13-32-25(37)26-34(7-8-38-26)22(35)11-17(30)9-16-10-20(28)21(29)12-19(16)27/h3-6,10,12,14,17,23,26,33H,7-9,11,13,30H2,1-2H3,(H2,31,36)(H,32,37)/t17?,23?,26-/m0/s1. The van der Waals surface area contributed by atoms with Gasteiger partial charge in [-0.25, -0.2) is 13.2 Å². The van der Waals surface area contributed by atoms with E-state index >= 15 is 0 Å². The van der Waals surface area contributed by atoms with Gasteiger partial charge in [0.25, 0.3) is 5.91 Å². The van der Waals surface area contributed by atoms with Gasteiger partial charge >= 0.3 is 0 Å². The molecule has 3 rings (SSSR count). The van der Waals surface area contributed by atoms with Gasteiger partial charge in [-0.1, -0.05) is 26.0 Å². The number of thioether (sulfide) groups is 1. The lowest BCUT2D eigenvalue weighted by atomic mass is 10.0. The maximum atomic E-state index is 13.9. The third kappa shape index (κ3) is 7.64. The predicted molar refractivity (Wildman–Crippen MR) is 140 cm³/mol. The molecule has 1 saturated heterocycles. The number of amides is 3. The van der Waals surface area contributed by atoms with Gasteiger partial charge in [0, 0.05) is 43.1 Å². The zero-order chi connectivity index (χ0) is 28.0. The number of anilines is 1. The van der Waals surface area contributed by atoms with Crippen molar-refractivity contribution >= 4 is 35.2 Å². The monoisotopic (exact) mass is 551 g/mol. The number of nitrogens with two attached hydrogens (primary N) is 2. The maximum absolute atomic E-state index is 13.9. The summed E-state index contributed by atoms with van der Waals surface area (Å²) in [5.74, 6) is -4.00. The zero-order valence-electron chi connectivity index (χ0n) is 21.2. The number of nitrogens with one attached hydrogen (secondary N) is 2. The van der Waals surface area contributed by atoms with E-state index in [1.54, 1.807) is 12.1 Å². The average Bonchev–Trinajstić information content (AvgIpc) is 3.35. The van der Waals surface area contributed by atoms with Crippen LogP contribution in [0, 0.1) is 23.4 Å². The van der Waals surface area contributed by atoms with Crippen LogP contribution in [0.1, 0.15) is 31.4 Å². The number of hydrogen-bond acceptors (Lipinski definition) is 6. The molecule has 3 amide bonds. The average molecular weight is 552 g/mol. The van der Waals surface area contributed by atoms with Crippen molar-refractivity contribution < 1.29 is 27.6 Å². The summed E-state index contributed by atoms with van der Waals surface area (Å²) in [5.41, 5.74) is 12.9. The molecule has 1 fully saturated rings. The molecule has 0 radical (unpaired) electrons. The fraction of sp³-hybridized carbons (Fsp3) is 0.423. The van der Waals surface area contributed by atoms with Crippen molar-refractivity contribution in [1.29, 1.82) is 0 Å². The van der Waals surface area contributed by atoms with Crippen molar-refractivity contribution in [2.45, 2.75) is 50.7 Å². The van der Waals surface area contributed by atoms with E-state index in [1.807, 2.05) is 26.0 Å². The molecule has 38 heavy (non-hydrogen) atoms. The van der Waals surface area contributed by atoms with Crippen LogP contribution in [0.5, 0.6) is 0 Å². The van der Waals surface area contributed by atoms with Crippen LogP contribution in [-0.4, -0.2) is 52.4 Å². The Morgan fingerprint density at radius 1 is 1.08 bits per heavy atom. The summed E-state index contributed by atoms with van der Waals surface area (Å²) in [6.45, 7) is 4.37. The number of benzene rings is 2. The number of halogens is 3. The number of hydrogen-bond donors (Lipinski definition) is 4. The largest absolute Gasteiger partial charge is 0.373 e. The van der Waals surface area contributed by atoms with Gasteiger partial charge in [0.05, 0.1) is 0 Å². The molecule has 3 atom stereocenters. The van der Waals surface area contributed by atoms with Crippen LogP contribution in [0.25, 0.3) is 0 Å². The first-order chi connectivity index (χ1) is 18.0. The maximum Gasteiger partial charge on any atom is 0.253 e. The van der Waals surface area contributed by atoms with E-state index in [1.165, 1.54) is 16.7 Å². The van der Waals surface area contributed by atoms with Gasteiger partial charge in [-0.15, -0.1) is 11.8 Å². The van der Waals surface area contributed by atoms with Crippen LogP contribution < -0.4 is 22.1 Å². The van der Waals surface area contributed by atoms with E-state index in [4.69, 9.17) is 11.5 Å². The first kappa shape index (κ1) is 29.3. The normalized spacial score (nSPS) is 16.8. The first-order valence-electron chi connectivity index (χ1n) is 12.2. The van der Waals surface area contributed by atoms with Gasteiger partial charge in [0.2, 0.25) is 11.8 Å². The number of nitrogens with zero attached hydrogens (tertiary/aromatic N) is 1. The molecular weight excluding hydrogens is 519 g/mol. The molecule has 0 bridgehead atoms. The number of carbonyl (C=O) groups is 3. The topological polar surface area (TPSA) is 131 Å². The van der Waals surface area contributed by atoms with Crippen molar-refractivity contribution in [1.82, 2.24) is 10.2 Å². The van der Waals surface area contributed by atoms with E-state index in [0.717, 1.165) is 17.3 Å². The number of primary amides is 1. The fourth-order valence-electron chi connectivity index (χ4n) is 4.10. The third-order valence-electron chi connectivity index (χ3n) is 6.16. The number of rotatable bonds is 11. The van der Waals surface area contributed by atoms with E-state index < -0.39 is 40.8 Å².